The van der Waals surface area contributed by atoms with E-state index in [-0.39, 0.29) is 30.8 Å². The van der Waals surface area contributed by atoms with Gasteiger partial charge in [-0.25, -0.2) is 0 Å². The van der Waals surface area contributed by atoms with E-state index >= 15 is 0 Å². The molecule has 1 atom stereocenters. The Hall–Kier alpha value is -2.93. The van der Waals surface area contributed by atoms with Crippen molar-refractivity contribution in [3.05, 3.63) is 0 Å². The standard InChI is InChI=1S/C6H8O7.C4H6O5.5H3N/c7-3(8)1-6(13,5(11)12)2-4(9)10;5-2(4(8)9)1-3(6)7;;;;;/h13H,1-2H2,(H,7,8)(H,9,10)(H,11,12);2,5H,1H2,(H,6,7)(H,8,9);5*1H3. The number of rotatable bonds is 8. The summed E-state index contributed by atoms with van der Waals surface area (Å²) >= 11 is 0. The van der Waals surface area contributed by atoms with Crippen LogP contribution in [0.3, 0.4) is 0 Å². The van der Waals surface area contributed by atoms with Gasteiger partial charge >= 0.3 is 0 Å². The second kappa shape index (κ2) is 19.4. The van der Waals surface area contributed by atoms with Crippen molar-refractivity contribution in [3.63, 3.8) is 0 Å². The zero-order chi connectivity index (χ0) is 18.1. The van der Waals surface area contributed by atoms with E-state index in [0.29, 0.717) is 0 Å². The molecule has 0 rings (SSSR count). The van der Waals surface area contributed by atoms with Gasteiger partial charge in [0.1, 0.15) is 5.60 Å². The Bertz CT molecular complexity index is 455. The van der Waals surface area contributed by atoms with Gasteiger partial charge in [-0.05, 0) is 0 Å². The fraction of sp³-hybridized carbons (Fsp3) is 0.500. The first-order valence-corrected chi connectivity index (χ1v) is 5.24. The molecule has 0 saturated carbocycles. The van der Waals surface area contributed by atoms with E-state index in [0.717, 1.165) is 0 Å². The Balaban J connectivity index is -0.0000000521. The molecule has 0 fully saturated rings. The molecule has 166 valence electrons. The maximum Gasteiger partial charge on any atom is 0.114 e. The van der Waals surface area contributed by atoms with Crippen LogP contribution in [0.4, 0.5) is 0 Å². The lowest BCUT2D eigenvalue weighted by molar-refractivity contribution is -0.339. The number of carboxylic acids is 5. The van der Waals surface area contributed by atoms with Gasteiger partial charge in [-0.15, -0.1) is 0 Å². The minimum absolute atomic E-state index is 0. The predicted molar refractivity (Wildman–Crippen MR) is 79.8 cm³/mol. The van der Waals surface area contributed by atoms with Crippen molar-refractivity contribution >= 4 is 29.8 Å². The summed E-state index contributed by atoms with van der Waals surface area (Å²) in [6.45, 7) is 0. The third-order valence-electron chi connectivity index (χ3n) is 1.89. The Morgan fingerprint density at radius 1 is 0.704 bits per heavy atom. The van der Waals surface area contributed by atoms with Crippen molar-refractivity contribution in [3.8, 4) is 0 Å². The van der Waals surface area contributed by atoms with Gasteiger partial charge in [-0.3, -0.25) is 0 Å². The third kappa shape index (κ3) is 23.1. The number of carbonyl (C=O) groups is 5. The van der Waals surface area contributed by atoms with Gasteiger partial charge in [-0.1, -0.05) is 0 Å². The molecular formula is C10H29N5O12. The van der Waals surface area contributed by atoms with Crippen molar-refractivity contribution in [1.82, 2.24) is 30.8 Å². The second-order valence-electron chi connectivity index (χ2n) is 3.83. The van der Waals surface area contributed by atoms with Crippen molar-refractivity contribution in [2.75, 3.05) is 0 Å². The van der Waals surface area contributed by atoms with Gasteiger partial charge in [0.2, 0.25) is 0 Å². The Labute approximate surface area is 152 Å². The van der Waals surface area contributed by atoms with Crippen LogP contribution in [0.25, 0.3) is 0 Å². The molecule has 0 aliphatic rings. The number of aliphatic hydroxyl groups excluding tert-OH is 1. The zero-order valence-electron chi connectivity index (χ0n) is 15.7. The van der Waals surface area contributed by atoms with Crippen LogP contribution < -0.4 is 56.3 Å². The molecule has 0 spiro atoms. The van der Waals surface area contributed by atoms with E-state index in [1.807, 2.05) is 0 Å². The molecule has 0 aromatic carbocycles. The number of carboxylic acid groups (broad SMARTS) is 5. The molecule has 0 bridgehead atoms. The lowest BCUT2D eigenvalue weighted by Gasteiger charge is -2.29. The molecular weight excluding hydrogens is 382 g/mol. The van der Waals surface area contributed by atoms with E-state index in [2.05, 4.69) is 0 Å². The fourth-order valence-electron chi connectivity index (χ4n) is 0.926. The molecule has 0 aliphatic carbocycles. The molecule has 0 aliphatic heterocycles. The SMILES string of the molecule is O=C([O-])CC(O)(CC(=O)[O-])C(=O)[O-].O=C([O-])CC(O)C(=O)[O-].[NH4+].[NH4+].[NH4+].[NH4+].[NH4+]. The van der Waals surface area contributed by atoms with Crippen LogP contribution in [0.15, 0.2) is 0 Å². The summed E-state index contributed by atoms with van der Waals surface area (Å²) in [5, 5.41) is 66.3. The van der Waals surface area contributed by atoms with Crippen LogP contribution in [0.1, 0.15) is 19.3 Å². The Kier molecular flexibility index (Phi) is 31.6. The lowest BCUT2D eigenvalue weighted by Crippen LogP contribution is -2.54. The summed E-state index contributed by atoms with van der Waals surface area (Å²) in [7, 11) is 0. The highest BCUT2D eigenvalue weighted by molar-refractivity contribution is 5.86. The normalized spacial score (nSPS) is 9.41. The van der Waals surface area contributed by atoms with Crippen molar-refractivity contribution in [2.45, 2.75) is 31.0 Å². The van der Waals surface area contributed by atoms with Crippen LogP contribution in [0, 0.1) is 0 Å². The van der Waals surface area contributed by atoms with E-state index in [4.69, 9.17) is 10.2 Å². The van der Waals surface area contributed by atoms with Crippen molar-refractivity contribution in [1.29, 1.82) is 0 Å². The number of hydrogen-bond acceptors (Lipinski definition) is 12. The molecule has 22 N–H and O–H groups in total. The number of aliphatic carboxylic acids is 5. The average molecular weight is 411 g/mol. The molecule has 0 aromatic rings. The molecule has 1 unspecified atom stereocenters. The molecule has 0 aromatic heterocycles. The maximum absolute atomic E-state index is 10.1. The fourth-order valence-corrected chi connectivity index (χ4v) is 0.926. The largest absolute Gasteiger partial charge is 0.550 e. The van der Waals surface area contributed by atoms with Gasteiger partial charge in [0.15, 0.2) is 0 Å². The number of carbonyl (C=O) groups excluding carboxylic acids is 5. The average Bonchev–Trinajstić information content (AvgIpc) is 2.25. The van der Waals surface area contributed by atoms with Crippen LogP contribution in [0.2, 0.25) is 0 Å². The van der Waals surface area contributed by atoms with Crippen LogP contribution in [-0.2, 0) is 24.0 Å². The summed E-state index contributed by atoms with van der Waals surface area (Å²) in [6, 6.07) is 0. The van der Waals surface area contributed by atoms with Gasteiger partial charge < -0.3 is 90.5 Å². The number of hydrogen-bond donors (Lipinski definition) is 7. The van der Waals surface area contributed by atoms with Gasteiger partial charge in [0.25, 0.3) is 0 Å². The first-order valence-electron chi connectivity index (χ1n) is 5.24. The topological polar surface area (TPSA) is 424 Å². The van der Waals surface area contributed by atoms with Crippen LogP contribution in [0.5, 0.6) is 0 Å². The predicted octanol–water partition coefficient (Wildman–Crippen LogP) is -7.13. The smallest absolute Gasteiger partial charge is 0.114 e. The molecule has 0 radical (unpaired) electrons. The van der Waals surface area contributed by atoms with E-state index in [9.17, 15) is 49.5 Å². The van der Waals surface area contributed by atoms with Gasteiger partial charge in [-0.2, -0.15) is 0 Å². The molecule has 0 heterocycles. The van der Waals surface area contributed by atoms with Crippen molar-refractivity contribution in [2.24, 2.45) is 0 Å². The summed E-state index contributed by atoms with van der Waals surface area (Å²) < 4.78 is 0. The molecule has 0 amide bonds. The Morgan fingerprint density at radius 2 is 1.00 bits per heavy atom. The highest BCUT2D eigenvalue weighted by Gasteiger charge is 2.29. The zero-order valence-corrected chi connectivity index (χ0v) is 15.7. The maximum atomic E-state index is 10.1. The quantitative estimate of drug-likeness (QED) is 0.196. The molecule has 0 saturated heterocycles. The van der Waals surface area contributed by atoms with Crippen LogP contribution >= 0.6 is 0 Å². The first-order chi connectivity index (χ1) is 9.81. The summed E-state index contributed by atoms with van der Waals surface area (Å²) in [4.78, 5) is 49.1. The summed E-state index contributed by atoms with van der Waals surface area (Å²) in [5.41, 5.74) is -2.97. The minimum atomic E-state index is -2.97. The summed E-state index contributed by atoms with van der Waals surface area (Å²) in [6.07, 6.45) is -5.61. The van der Waals surface area contributed by atoms with Crippen LogP contribution in [-0.4, -0.2) is 51.8 Å². The molecule has 17 heteroatoms. The minimum Gasteiger partial charge on any atom is -0.550 e. The lowest BCUT2D eigenvalue weighted by atomic mass is 9.96. The van der Waals surface area contributed by atoms with E-state index in [1.54, 1.807) is 0 Å². The summed E-state index contributed by atoms with van der Waals surface area (Å²) in [5.74, 6) is -9.41. The number of aliphatic hydroxyl groups is 2. The van der Waals surface area contributed by atoms with E-state index < -0.39 is 60.8 Å². The highest BCUT2D eigenvalue weighted by Crippen LogP contribution is 2.13. The second-order valence-corrected chi connectivity index (χ2v) is 3.83. The highest BCUT2D eigenvalue weighted by atomic mass is 16.4. The monoisotopic (exact) mass is 411 g/mol. The molecule has 17 nitrogen and oxygen atoms in total. The third-order valence-corrected chi connectivity index (χ3v) is 1.89. The van der Waals surface area contributed by atoms with Gasteiger partial charge in [0, 0.05) is 37.2 Å². The molecule has 27 heavy (non-hydrogen) atoms. The van der Waals surface area contributed by atoms with Crippen molar-refractivity contribution < 1.29 is 59.7 Å². The van der Waals surface area contributed by atoms with Gasteiger partial charge in [0.05, 0.1) is 18.0 Å². The van der Waals surface area contributed by atoms with E-state index in [1.165, 1.54) is 0 Å². The first kappa shape index (κ1) is 44.0. The Morgan fingerprint density at radius 3 is 1.11 bits per heavy atom. The number of quaternary nitrogens is 5.